The molecule has 1 heterocycles. The molecular weight excluding hydrogens is 357 g/mol. The van der Waals surface area contributed by atoms with Crippen LogP contribution in [-0.4, -0.2) is 43.9 Å². The van der Waals surface area contributed by atoms with Gasteiger partial charge in [-0.15, -0.1) is 0 Å². The Morgan fingerprint density at radius 2 is 1.89 bits per heavy atom. The summed E-state index contributed by atoms with van der Waals surface area (Å²) in [4.78, 5) is 12.0. The summed E-state index contributed by atoms with van der Waals surface area (Å²) in [7, 11) is 0.731. The van der Waals surface area contributed by atoms with E-state index in [2.05, 4.69) is 4.74 Å². The number of hydrogen-bond acceptors (Lipinski definition) is 5. The molecule has 5 nitrogen and oxygen atoms in total. The predicted molar refractivity (Wildman–Crippen MR) is 96.0 cm³/mol. The zero-order chi connectivity index (χ0) is 20.3. The molecule has 3 aliphatic rings. The van der Waals surface area contributed by atoms with Gasteiger partial charge in [0.1, 0.15) is 0 Å². The molecule has 0 aromatic carbocycles. The Bertz CT molecular complexity index is 684. The number of fused-ring (bicyclic) bond motifs is 1. The first-order valence-electron chi connectivity index (χ1n) is 9.27. The van der Waals surface area contributed by atoms with Gasteiger partial charge < -0.3 is 18.8 Å². The highest BCUT2D eigenvalue weighted by Crippen LogP contribution is 2.66. The van der Waals surface area contributed by atoms with E-state index >= 15 is 8.78 Å². The van der Waals surface area contributed by atoms with Gasteiger partial charge in [0.2, 0.25) is 0 Å². The van der Waals surface area contributed by atoms with Crippen LogP contribution in [0.25, 0.3) is 0 Å². The molecule has 0 spiro atoms. The first-order chi connectivity index (χ1) is 12.4. The minimum absolute atomic E-state index is 0.0951. The lowest BCUT2D eigenvalue weighted by atomic mass is 9.73. The van der Waals surface area contributed by atoms with Gasteiger partial charge in [0.05, 0.1) is 36.1 Å². The molecule has 2 atom stereocenters. The van der Waals surface area contributed by atoms with E-state index in [9.17, 15) is 4.79 Å². The quantitative estimate of drug-likeness (QED) is 0.535. The molecular formula is C19H27BF2O5. The summed E-state index contributed by atoms with van der Waals surface area (Å²) in [6.45, 7) is 9.03. The Morgan fingerprint density at radius 1 is 1.30 bits per heavy atom. The maximum Gasteiger partial charge on any atom is 0.490 e. The van der Waals surface area contributed by atoms with E-state index in [0.717, 1.165) is 0 Å². The lowest BCUT2D eigenvalue weighted by Crippen LogP contribution is -2.41. The third-order valence-corrected chi connectivity index (χ3v) is 6.20. The third kappa shape index (κ3) is 3.10. The van der Waals surface area contributed by atoms with Gasteiger partial charge in [-0.05, 0) is 58.5 Å². The van der Waals surface area contributed by atoms with Gasteiger partial charge in [-0.25, -0.2) is 4.79 Å². The van der Waals surface area contributed by atoms with Crippen molar-refractivity contribution in [1.29, 1.82) is 0 Å². The maximum atomic E-state index is 15.0. The van der Waals surface area contributed by atoms with E-state index in [1.807, 2.05) is 27.7 Å². The van der Waals surface area contributed by atoms with Crippen molar-refractivity contribution in [2.75, 3.05) is 13.7 Å². The van der Waals surface area contributed by atoms with Crippen LogP contribution in [0.5, 0.6) is 0 Å². The highest BCUT2D eigenvalue weighted by Gasteiger charge is 2.72. The largest absolute Gasteiger partial charge is 0.501 e. The smallest absolute Gasteiger partial charge is 0.490 e. The number of esters is 1. The first kappa shape index (κ1) is 20.3. The van der Waals surface area contributed by atoms with Gasteiger partial charge in [-0.2, -0.15) is 8.78 Å². The van der Waals surface area contributed by atoms with Gasteiger partial charge in [0.25, 0.3) is 0 Å². The van der Waals surface area contributed by atoms with E-state index in [1.165, 1.54) is 20.1 Å². The number of rotatable bonds is 5. The maximum absolute atomic E-state index is 15.0. The van der Waals surface area contributed by atoms with Gasteiger partial charge in [0, 0.05) is 6.42 Å². The Morgan fingerprint density at radius 3 is 2.41 bits per heavy atom. The molecule has 0 radical (unpaired) electrons. The second-order valence-corrected chi connectivity index (χ2v) is 8.47. The average Bonchev–Trinajstić information content (AvgIpc) is 3.22. The Labute approximate surface area is 159 Å². The molecule has 0 N–H and O–H groups in total. The van der Waals surface area contributed by atoms with Crippen molar-refractivity contribution in [1.82, 2.24) is 0 Å². The number of halogens is 2. The fourth-order valence-corrected chi connectivity index (χ4v) is 3.69. The molecule has 3 rings (SSSR count). The monoisotopic (exact) mass is 384 g/mol. The molecule has 150 valence electrons. The summed E-state index contributed by atoms with van der Waals surface area (Å²) in [6.07, 6.45) is 3.60. The van der Waals surface area contributed by atoms with Crippen LogP contribution in [-0.2, 0) is 23.6 Å². The van der Waals surface area contributed by atoms with Crippen LogP contribution in [0, 0.1) is 11.3 Å². The fourth-order valence-electron chi connectivity index (χ4n) is 3.69. The van der Waals surface area contributed by atoms with Crippen molar-refractivity contribution < 1.29 is 32.4 Å². The highest BCUT2D eigenvalue weighted by molar-refractivity contribution is 6.54. The zero-order valence-electron chi connectivity index (χ0n) is 16.7. The minimum atomic E-state index is -3.64. The molecule has 2 aliphatic carbocycles. The predicted octanol–water partition coefficient (Wildman–Crippen LogP) is 3.68. The SMILES string of the molecule is CCOC(=O)C(F)(F)C12C=C(B3OC(C)(C)C(C)(C)O3)CC(OC)=CC1C2. The van der Waals surface area contributed by atoms with Crippen molar-refractivity contribution in [2.45, 2.75) is 64.6 Å². The van der Waals surface area contributed by atoms with Crippen LogP contribution in [0.2, 0.25) is 0 Å². The van der Waals surface area contributed by atoms with E-state index in [0.29, 0.717) is 17.7 Å². The number of methoxy groups -OCH3 is 1. The van der Waals surface area contributed by atoms with Crippen LogP contribution >= 0.6 is 0 Å². The number of hydrogen-bond donors (Lipinski definition) is 0. The molecule has 0 amide bonds. The van der Waals surface area contributed by atoms with Crippen LogP contribution in [0.15, 0.2) is 23.4 Å². The third-order valence-electron chi connectivity index (χ3n) is 6.20. The van der Waals surface area contributed by atoms with E-state index in [4.69, 9.17) is 14.0 Å². The summed E-state index contributed by atoms with van der Waals surface area (Å²) in [5.74, 6) is -5.06. The van der Waals surface area contributed by atoms with Gasteiger partial charge in [0.15, 0.2) is 0 Å². The van der Waals surface area contributed by atoms with Crippen LogP contribution < -0.4 is 0 Å². The summed E-state index contributed by atoms with van der Waals surface area (Å²) in [5, 5.41) is 0. The topological polar surface area (TPSA) is 54.0 Å². The summed E-state index contributed by atoms with van der Waals surface area (Å²) < 4.78 is 52.2. The number of allylic oxidation sites excluding steroid dienone is 3. The van der Waals surface area contributed by atoms with Gasteiger partial charge in [-0.3, -0.25) is 0 Å². The Balaban J connectivity index is 1.99. The lowest BCUT2D eigenvalue weighted by Gasteiger charge is -2.32. The van der Waals surface area contributed by atoms with Crippen LogP contribution in [0.1, 0.15) is 47.5 Å². The number of carbonyl (C=O) groups excluding carboxylic acids is 1. The first-order valence-corrected chi connectivity index (χ1v) is 9.27. The lowest BCUT2D eigenvalue weighted by molar-refractivity contribution is -0.180. The average molecular weight is 384 g/mol. The van der Waals surface area contributed by atoms with Crippen LogP contribution in [0.3, 0.4) is 0 Å². The number of ether oxygens (including phenoxy) is 2. The van der Waals surface area contributed by atoms with Crippen molar-refractivity contribution in [3.8, 4) is 0 Å². The zero-order valence-corrected chi connectivity index (χ0v) is 16.7. The van der Waals surface area contributed by atoms with Crippen molar-refractivity contribution in [2.24, 2.45) is 11.3 Å². The summed E-state index contributed by atoms with van der Waals surface area (Å²) >= 11 is 0. The molecule has 0 bridgehead atoms. The van der Waals surface area contributed by atoms with Gasteiger partial charge in [-0.1, -0.05) is 6.08 Å². The molecule has 0 aromatic rings. The molecule has 1 aliphatic heterocycles. The summed E-state index contributed by atoms with van der Waals surface area (Å²) in [5.41, 5.74) is -2.27. The second-order valence-electron chi connectivity index (χ2n) is 8.47. The van der Waals surface area contributed by atoms with Crippen molar-refractivity contribution in [3.63, 3.8) is 0 Å². The van der Waals surface area contributed by atoms with Crippen molar-refractivity contribution in [3.05, 3.63) is 23.4 Å². The highest BCUT2D eigenvalue weighted by atomic mass is 19.3. The van der Waals surface area contributed by atoms with Crippen molar-refractivity contribution >= 4 is 13.1 Å². The molecule has 1 saturated carbocycles. The molecule has 0 aromatic heterocycles. The van der Waals surface area contributed by atoms with E-state index in [1.54, 1.807) is 6.08 Å². The molecule has 2 unspecified atom stereocenters. The fraction of sp³-hybridized carbons (Fsp3) is 0.737. The molecule has 8 heteroatoms. The molecule has 1 saturated heterocycles. The molecule has 27 heavy (non-hydrogen) atoms. The number of carbonyl (C=O) groups is 1. The normalized spacial score (nSPS) is 31.4. The Kier molecular flexibility index (Phi) is 4.75. The summed E-state index contributed by atoms with van der Waals surface area (Å²) in [6, 6.07) is 0. The Hall–Kier alpha value is -1.41. The second kappa shape index (κ2) is 6.31. The molecule has 2 fully saturated rings. The van der Waals surface area contributed by atoms with E-state index in [-0.39, 0.29) is 13.0 Å². The minimum Gasteiger partial charge on any atom is -0.501 e. The van der Waals surface area contributed by atoms with E-state index < -0.39 is 41.5 Å². The standard InChI is InChI=1S/C19H27BF2O5/c1-7-25-15(23)19(21,22)18-10-12(18)8-14(24-6)9-13(11-18)20-26-16(2,3)17(4,5)27-20/h8,11-12H,7,9-10H2,1-6H3. The van der Waals surface area contributed by atoms with Gasteiger partial charge >= 0.3 is 19.0 Å². The van der Waals surface area contributed by atoms with Crippen LogP contribution in [0.4, 0.5) is 8.78 Å². The number of alkyl halides is 2.